The van der Waals surface area contributed by atoms with E-state index in [2.05, 4.69) is 64.6 Å². The third-order valence-corrected chi connectivity index (χ3v) is 5.64. The Morgan fingerprint density at radius 2 is 1.63 bits per heavy atom. The molecule has 1 aliphatic carbocycles. The number of amides is 1. The zero-order valence-electron chi connectivity index (χ0n) is 15.9. The quantitative estimate of drug-likeness (QED) is 0.633. The first-order valence-corrected chi connectivity index (χ1v) is 10.2. The summed E-state index contributed by atoms with van der Waals surface area (Å²) in [6, 6.07) is 19.2. The van der Waals surface area contributed by atoms with Gasteiger partial charge >= 0.3 is 0 Å². The number of fused-ring (bicyclic) bond motifs is 1. The van der Waals surface area contributed by atoms with Crippen LogP contribution in [-0.4, -0.2) is 16.5 Å². The fraction of sp³-hybridized carbons (Fsp3) is 0.375. The molecule has 1 fully saturated rings. The molecule has 3 heteroatoms. The molecule has 0 atom stereocenters. The maximum Gasteiger partial charge on any atom is 0.224 e. The summed E-state index contributed by atoms with van der Waals surface area (Å²) in [6.07, 6.45) is 9.95. The highest BCUT2D eigenvalue weighted by atomic mass is 16.1. The Balaban J connectivity index is 1.52. The lowest BCUT2D eigenvalue weighted by atomic mass is 10.1. The lowest BCUT2D eigenvalue weighted by Gasteiger charge is -2.16. The van der Waals surface area contributed by atoms with Crippen LogP contribution >= 0.6 is 0 Å². The number of aromatic nitrogens is 1. The van der Waals surface area contributed by atoms with Crippen LogP contribution < -0.4 is 5.32 Å². The van der Waals surface area contributed by atoms with Gasteiger partial charge in [0.25, 0.3) is 0 Å². The number of carbonyl (C=O) groups excluding carboxylic acids is 1. The summed E-state index contributed by atoms with van der Waals surface area (Å²) in [5.41, 5.74) is 3.58. The molecule has 1 aliphatic rings. The van der Waals surface area contributed by atoms with E-state index >= 15 is 0 Å². The van der Waals surface area contributed by atoms with E-state index in [1.165, 1.54) is 42.1 Å². The molecule has 140 valence electrons. The number of nitrogens with zero attached hydrogens (tertiary/aromatic N) is 1. The Kier molecular flexibility index (Phi) is 5.57. The zero-order valence-corrected chi connectivity index (χ0v) is 15.9. The number of para-hydroxylation sites is 1. The van der Waals surface area contributed by atoms with E-state index in [0.717, 1.165) is 24.9 Å². The van der Waals surface area contributed by atoms with Crippen LogP contribution in [0.4, 0.5) is 0 Å². The monoisotopic (exact) mass is 360 g/mol. The highest BCUT2D eigenvalue weighted by Crippen LogP contribution is 2.23. The van der Waals surface area contributed by atoms with E-state index in [9.17, 15) is 4.79 Å². The second-order valence-electron chi connectivity index (χ2n) is 7.72. The number of rotatable bonds is 5. The molecule has 27 heavy (non-hydrogen) atoms. The Bertz CT molecular complexity index is 889. The van der Waals surface area contributed by atoms with Crippen LogP contribution in [0.15, 0.2) is 60.8 Å². The van der Waals surface area contributed by atoms with Crippen LogP contribution in [0, 0.1) is 0 Å². The first-order valence-electron chi connectivity index (χ1n) is 10.2. The first kappa shape index (κ1) is 17.8. The minimum absolute atomic E-state index is 0.157. The van der Waals surface area contributed by atoms with Gasteiger partial charge in [0.15, 0.2) is 0 Å². The molecule has 1 heterocycles. The third kappa shape index (κ3) is 4.41. The van der Waals surface area contributed by atoms with Crippen molar-refractivity contribution in [3.8, 4) is 0 Å². The summed E-state index contributed by atoms with van der Waals surface area (Å²) in [7, 11) is 0. The zero-order chi connectivity index (χ0) is 18.5. The van der Waals surface area contributed by atoms with Crippen molar-refractivity contribution in [1.82, 2.24) is 9.88 Å². The van der Waals surface area contributed by atoms with Gasteiger partial charge in [-0.1, -0.05) is 74.2 Å². The largest absolute Gasteiger partial charge is 0.353 e. The average molecular weight is 361 g/mol. The van der Waals surface area contributed by atoms with Gasteiger partial charge in [0, 0.05) is 29.7 Å². The van der Waals surface area contributed by atoms with Crippen LogP contribution in [-0.2, 0) is 17.8 Å². The molecule has 0 bridgehead atoms. The van der Waals surface area contributed by atoms with Crippen molar-refractivity contribution in [2.24, 2.45) is 0 Å². The Morgan fingerprint density at radius 1 is 0.926 bits per heavy atom. The molecule has 0 saturated heterocycles. The summed E-state index contributed by atoms with van der Waals surface area (Å²) in [5, 5.41) is 4.47. The summed E-state index contributed by atoms with van der Waals surface area (Å²) >= 11 is 0. The molecular weight excluding hydrogens is 332 g/mol. The van der Waals surface area contributed by atoms with Crippen LogP contribution in [0.3, 0.4) is 0 Å². The maximum absolute atomic E-state index is 12.7. The van der Waals surface area contributed by atoms with Crippen molar-refractivity contribution in [1.29, 1.82) is 0 Å². The summed E-state index contributed by atoms with van der Waals surface area (Å²) in [5.74, 6) is 0.157. The SMILES string of the molecule is O=C(Cc1cn(Cc2ccccc2)c2ccccc12)NC1CCCCCC1. The van der Waals surface area contributed by atoms with Crippen molar-refractivity contribution in [3.05, 3.63) is 71.9 Å². The molecule has 0 radical (unpaired) electrons. The van der Waals surface area contributed by atoms with E-state index in [-0.39, 0.29) is 5.91 Å². The van der Waals surface area contributed by atoms with E-state index in [0.29, 0.717) is 12.5 Å². The normalized spacial score (nSPS) is 15.6. The number of carbonyl (C=O) groups is 1. The lowest BCUT2D eigenvalue weighted by Crippen LogP contribution is -2.35. The molecule has 3 nitrogen and oxygen atoms in total. The smallest absolute Gasteiger partial charge is 0.224 e. The summed E-state index contributed by atoms with van der Waals surface area (Å²) in [6.45, 7) is 0.825. The predicted molar refractivity (Wildman–Crippen MR) is 111 cm³/mol. The van der Waals surface area contributed by atoms with Gasteiger partial charge in [-0.3, -0.25) is 4.79 Å². The van der Waals surface area contributed by atoms with Crippen molar-refractivity contribution in [2.45, 2.75) is 57.5 Å². The van der Waals surface area contributed by atoms with Crippen LogP contribution in [0.1, 0.15) is 49.7 Å². The minimum Gasteiger partial charge on any atom is -0.353 e. The fourth-order valence-electron chi connectivity index (χ4n) is 4.25. The Hall–Kier alpha value is -2.55. The van der Waals surface area contributed by atoms with E-state index in [1.807, 2.05) is 6.07 Å². The van der Waals surface area contributed by atoms with Gasteiger partial charge < -0.3 is 9.88 Å². The van der Waals surface area contributed by atoms with Gasteiger partial charge in [0.1, 0.15) is 0 Å². The van der Waals surface area contributed by atoms with Gasteiger partial charge in [-0.2, -0.15) is 0 Å². The van der Waals surface area contributed by atoms with E-state index in [4.69, 9.17) is 0 Å². The standard InChI is InChI=1S/C24H28N2O/c27-24(25-21-12-6-1-2-7-13-21)16-20-18-26(17-19-10-4-3-5-11-19)23-15-9-8-14-22(20)23/h3-5,8-11,14-15,18,21H,1-2,6-7,12-13,16-17H2,(H,25,27). The van der Waals surface area contributed by atoms with Crippen LogP contribution in [0.2, 0.25) is 0 Å². The van der Waals surface area contributed by atoms with Crippen molar-refractivity contribution in [3.63, 3.8) is 0 Å². The summed E-state index contributed by atoms with van der Waals surface area (Å²) in [4.78, 5) is 12.7. The van der Waals surface area contributed by atoms with Gasteiger partial charge in [0.2, 0.25) is 5.91 Å². The van der Waals surface area contributed by atoms with E-state index in [1.54, 1.807) is 0 Å². The molecule has 1 N–H and O–H groups in total. The minimum atomic E-state index is 0.157. The van der Waals surface area contributed by atoms with Crippen molar-refractivity contribution < 1.29 is 4.79 Å². The fourth-order valence-corrected chi connectivity index (χ4v) is 4.25. The second kappa shape index (κ2) is 8.43. The van der Waals surface area contributed by atoms with E-state index < -0.39 is 0 Å². The summed E-state index contributed by atoms with van der Waals surface area (Å²) < 4.78 is 2.26. The average Bonchev–Trinajstić information content (AvgIpc) is 2.85. The number of nitrogens with one attached hydrogen (secondary N) is 1. The van der Waals surface area contributed by atoms with Gasteiger partial charge in [-0.05, 0) is 30.0 Å². The number of hydrogen-bond donors (Lipinski definition) is 1. The lowest BCUT2D eigenvalue weighted by molar-refractivity contribution is -0.121. The number of benzene rings is 2. The van der Waals surface area contributed by atoms with Crippen molar-refractivity contribution >= 4 is 16.8 Å². The van der Waals surface area contributed by atoms with Gasteiger partial charge in [-0.25, -0.2) is 0 Å². The topological polar surface area (TPSA) is 34.0 Å². The molecule has 1 saturated carbocycles. The van der Waals surface area contributed by atoms with Gasteiger partial charge in [0.05, 0.1) is 6.42 Å². The second-order valence-corrected chi connectivity index (χ2v) is 7.72. The molecule has 4 rings (SSSR count). The number of hydrogen-bond acceptors (Lipinski definition) is 1. The molecule has 0 aliphatic heterocycles. The molecule has 0 unspecified atom stereocenters. The van der Waals surface area contributed by atoms with Gasteiger partial charge in [-0.15, -0.1) is 0 Å². The molecule has 1 amide bonds. The highest BCUT2D eigenvalue weighted by Gasteiger charge is 2.17. The Labute approximate surface area is 161 Å². The van der Waals surface area contributed by atoms with Crippen LogP contribution in [0.5, 0.6) is 0 Å². The first-order chi connectivity index (χ1) is 13.3. The van der Waals surface area contributed by atoms with Crippen LogP contribution in [0.25, 0.3) is 10.9 Å². The van der Waals surface area contributed by atoms with Crippen molar-refractivity contribution in [2.75, 3.05) is 0 Å². The molecule has 0 spiro atoms. The molecule has 3 aromatic rings. The molecular formula is C24H28N2O. The Morgan fingerprint density at radius 3 is 2.41 bits per heavy atom. The maximum atomic E-state index is 12.7. The predicted octanol–water partition coefficient (Wildman–Crippen LogP) is 5.07. The third-order valence-electron chi connectivity index (χ3n) is 5.64. The molecule has 1 aromatic heterocycles. The molecule has 2 aromatic carbocycles. The highest BCUT2D eigenvalue weighted by molar-refractivity contribution is 5.89.